The molecule has 0 spiro atoms. The Labute approximate surface area is 130 Å². The summed E-state index contributed by atoms with van der Waals surface area (Å²) in [5, 5.41) is 4.07. The first-order valence-corrected chi connectivity index (χ1v) is 7.21. The van der Waals surface area contributed by atoms with Crippen molar-refractivity contribution in [1.82, 2.24) is 0 Å². The third-order valence-corrected chi connectivity index (χ3v) is 3.60. The van der Waals surface area contributed by atoms with Crippen LogP contribution < -0.4 is 5.43 Å². The fourth-order valence-electron chi connectivity index (χ4n) is 1.99. The highest BCUT2D eigenvalue weighted by atomic mass is 79.9. The van der Waals surface area contributed by atoms with Gasteiger partial charge in [-0.3, -0.25) is 10.2 Å². The van der Waals surface area contributed by atoms with Gasteiger partial charge in [0.25, 0.3) is 0 Å². The molecule has 1 N–H and O–H groups in total. The summed E-state index contributed by atoms with van der Waals surface area (Å²) in [5.41, 5.74) is 6.54. The first kappa shape index (κ1) is 13.7. The minimum absolute atomic E-state index is 0.110. The van der Waals surface area contributed by atoms with Gasteiger partial charge in [-0.05, 0) is 37.3 Å². The lowest BCUT2D eigenvalue weighted by atomic mass is 10.1. The van der Waals surface area contributed by atoms with E-state index in [1.807, 2.05) is 43.3 Å². The van der Waals surface area contributed by atoms with Crippen molar-refractivity contribution in [2.45, 2.75) is 6.92 Å². The fourth-order valence-corrected chi connectivity index (χ4v) is 2.35. The molecule has 21 heavy (non-hydrogen) atoms. The minimum Gasteiger partial charge on any atom is -0.287 e. The van der Waals surface area contributed by atoms with Crippen molar-refractivity contribution in [3.63, 3.8) is 0 Å². The van der Waals surface area contributed by atoms with Gasteiger partial charge >= 0.3 is 0 Å². The zero-order chi connectivity index (χ0) is 14.8. The van der Waals surface area contributed by atoms with Crippen molar-refractivity contribution in [2.24, 2.45) is 10.1 Å². The largest absolute Gasteiger partial charge is 0.287 e. The molecule has 0 aliphatic carbocycles. The van der Waals surface area contributed by atoms with Crippen molar-refractivity contribution in [1.29, 1.82) is 0 Å². The van der Waals surface area contributed by atoms with Gasteiger partial charge in [0.05, 0.1) is 23.2 Å². The Morgan fingerprint density at radius 3 is 2.71 bits per heavy atom. The smallest absolute Gasteiger partial charge is 0.215 e. The number of hydrogen-bond donors (Lipinski definition) is 1. The van der Waals surface area contributed by atoms with Crippen molar-refractivity contribution in [3.8, 4) is 0 Å². The summed E-state index contributed by atoms with van der Waals surface area (Å²) in [6.07, 6.45) is 1.45. The summed E-state index contributed by atoms with van der Waals surface area (Å²) >= 11 is 3.35. The van der Waals surface area contributed by atoms with Crippen LogP contribution in [0.5, 0.6) is 0 Å². The van der Waals surface area contributed by atoms with Crippen molar-refractivity contribution >= 4 is 45.0 Å². The van der Waals surface area contributed by atoms with E-state index in [2.05, 4.69) is 31.4 Å². The maximum atomic E-state index is 12.2. The van der Waals surface area contributed by atoms with Gasteiger partial charge in [0.15, 0.2) is 0 Å². The van der Waals surface area contributed by atoms with E-state index in [1.165, 1.54) is 11.8 Å². The van der Waals surface area contributed by atoms with Crippen molar-refractivity contribution in [2.75, 3.05) is 5.43 Å². The summed E-state index contributed by atoms with van der Waals surface area (Å²) in [6, 6.07) is 13.3. The predicted molar refractivity (Wildman–Crippen MR) is 88.9 cm³/mol. The molecule has 0 atom stereocenters. The standard InChI is InChI=1S/C16H12BrN3O/c1-10-2-5-12(6-3-10)20-18-9-15-16(21)13-8-11(17)4-7-14(13)19-15/h2-9,20H,1H3/b18-9-. The van der Waals surface area contributed by atoms with Crippen LogP contribution >= 0.6 is 15.9 Å². The quantitative estimate of drug-likeness (QED) is 0.674. The summed E-state index contributed by atoms with van der Waals surface area (Å²) in [4.78, 5) is 16.4. The van der Waals surface area contributed by atoms with E-state index >= 15 is 0 Å². The number of rotatable bonds is 3. The lowest BCUT2D eigenvalue weighted by Gasteiger charge is -1.99. The Kier molecular flexibility index (Phi) is 3.66. The number of ketones is 1. The van der Waals surface area contributed by atoms with Crippen LogP contribution in [-0.2, 0) is 0 Å². The second kappa shape index (κ2) is 5.61. The third kappa shape index (κ3) is 2.92. The lowest BCUT2D eigenvalue weighted by molar-refractivity contribution is 0.107. The number of nitrogens with zero attached hydrogens (tertiary/aromatic N) is 2. The van der Waals surface area contributed by atoms with E-state index in [9.17, 15) is 4.79 Å². The molecule has 3 rings (SSSR count). The SMILES string of the molecule is Cc1ccc(N/N=C\C2=Nc3ccc(Br)cc3C2=O)cc1. The highest BCUT2D eigenvalue weighted by Gasteiger charge is 2.23. The third-order valence-electron chi connectivity index (χ3n) is 3.11. The highest BCUT2D eigenvalue weighted by Crippen LogP contribution is 2.28. The zero-order valence-corrected chi connectivity index (χ0v) is 12.9. The number of aliphatic imine (C=N–C) groups is 1. The molecular weight excluding hydrogens is 330 g/mol. The first-order valence-electron chi connectivity index (χ1n) is 6.42. The summed E-state index contributed by atoms with van der Waals surface area (Å²) in [5.74, 6) is -0.110. The fraction of sp³-hybridized carbons (Fsp3) is 0.0625. The van der Waals surface area contributed by atoms with Crippen LogP contribution in [0.25, 0.3) is 0 Å². The molecule has 104 valence electrons. The molecule has 0 fully saturated rings. The molecule has 1 heterocycles. The number of hydrogen-bond acceptors (Lipinski definition) is 4. The number of Topliss-reactive ketones (excluding diaryl/α,β-unsaturated/α-hetero) is 1. The van der Waals surface area contributed by atoms with Crippen LogP contribution in [0.4, 0.5) is 11.4 Å². The van der Waals surface area contributed by atoms with Gasteiger partial charge in [-0.1, -0.05) is 33.6 Å². The van der Waals surface area contributed by atoms with Crippen LogP contribution in [0.1, 0.15) is 15.9 Å². The van der Waals surface area contributed by atoms with E-state index in [0.717, 1.165) is 10.2 Å². The zero-order valence-electron chi connectivity index (χ0n) is 11.3. The molecule has 2 aromatic rings. The molecule has 0 unspecified atom stereocenters. The number of fused-ring (bicyclic) bond motifs is 1. The van der Waals surface area contributed by atoms with Gasteiger partial charge < -0.3 is 0 Å². The van der Waals surface area contributed by atoms with Gasteiger partial charge in [-0.25, -0.2) is 4.99 Å². The van der Waals surface area contributed by atoms with Gasteiger partial charge in [0.1, 0.15) is 5.71 Å². The lowest BCUT2D eigenvalue weighted by Crippen LogP contribution is -2.11. The molecule has 0 bridgehead atoms. The molecule has 0 aromatic heterocycles. The van der Waals surface area contributed by atoms with E-state index in [4.69, 9.17) is 0 Å². The van der Waals surface area contributed by atoms with Crippen LogP contribution in [-0.4, -0.2) is 17.7 Å². The number of hydrazone groups is 1. The van der Waals surface area contributed by atoms with E-state index < -0.39 is 0 Å². The predicted octanol–water partition coefficient (Wildman–Crippen LogP) is 4.12. The first-order chi connectivity index (χ1) is 10.1. The number of anilines is 1. The van der Waals surface area contributed by atoms with Crippen LogP contribution in [0.2, 0.25) is 0 Å². The normalized spacial score (nSPS) is 13.4. The Morgan fingerprint density at radius 2 is 1.95 bits per heavy atom. The average molecular weight is 342 g/mol. The minimum atomic E-state index is -0.110. The Morgan fingerprint density at radius 1 is 1.19 bits per heavy atom. The maximum absolute atomic E-state index is 12.2. The van der Waals surface area contributed by atoms with Crippen molar-refractivity contribution in [3.05, 3.63) is 58.1 Å². The molecule has 0 saturated heterocycles. The number of nitrogens with one attached hydrogen (secondary N) is 1. The monoisotopic (exact) mass is 341 g/mol. The molecular formula is C16H12BrN3O. The number of benzene rings is 2. The summed E-state index contributed by atoms with van der Waals surface area (Å²) in [6.45, 7) is 2.02. The molecule has 0 saturated carbocycles. The molecule has 2 aromatic carbocycles. The molecule has 1 aliphatic heterocycles. The number of carbonyl (C=O) groups excluding carboxylic acids is 1. The second-order valence-corrected chi connectivity index (χ2v) is 5.64. The molecule has 4 nitrogen and oxygen atoms in total. The summed E-state index contributed by atoms with van der Waals surface area (Å²) in [7, 11) is 0. The average Bonchev–Trinajstić information content (AvgIpc) is 2.78. The van der Waals surface area contributed by atoms with Crippen LogP contribution in [0.3, 0.4) is 0 Å². The summed E-state index contributed by atoms with van der Waals surface area (Å²) < 4.78 is 0.862. The molecule has 0 amide bonds. The van der Waals surface area contributed by atoms with E-state index in [-0.39, 0.29) is 5.78 Å². The highest BCUT2D eigenvalue weighted by molar-refractivity contribution is 9.10. The van der Waals surface area contributed by atoms with Gasteiger partial charge in [0, 0.05) is 4.47 Å². The Hall–Kier alpha value is -2.27. The van der Waals surface area contributed by atoms with Gasteiger partial charge in [0.2, 0.25) is 5.78 Å². The topological polar surface area (TPSA) is 53.8 Å². The number of aryl methyl sites for hydroxylation is 1. The Bertz CT molecular complexity index is 764. The van der Waals surface area contributed by atoms with Crippen LogP contribution in [0, 0.1) is 6.92 Å². The molecule has 5 heteroatoms. The number of halogens is 1. The van der Waals surface area contributed by atoms with Gasteiger partial charge in [-0.2, -0.15) is 5.10 Å². The number of carbonyl (C=O) groups is 1. The van der Waals surface area contributed by atoms with Crippen LogP contribution in [0.15, 0.2) is 57.0 Å². The van der Waals surface area contributed by atoms with E-state index in [1.54, 1.807) is 6.07 Å². The second-order valence-electron chi connectivity index (χ2n) is 4.72. The van der Waals surface area contributed by atoms with Gasteiger partial charge in [-0.15, -0.1) is 0 Å². The van der Waals surface area contributed by atoms with E-state index in [0.29, 0.717) is 17.0 Å². The maximum Gasteiger partial charge on any atom is 0.215 e. The molecule has 1 aliphatic rings. The van der Waals surface area contributed by atoms with Crippen molar-refractivity contribution < 1.29 is 4.79 Å². The molecule has 0 radical (unpaired) electrons. The Balaban J connectivity index is 1.73.